The number of hydrogen-bond acceptors (Lipinski definition) is 7. The average Bonchev–Trinajstić information content (AvgIpc) is 2.82. The number of nitrogens with zero attached hydrogens (tertiary/aromatic N) is 2. The molecule has 33 heavy (non-hydrogen) atoms. The molecule has 0 fully saturated rings. The fourth-order valence-corrected chi connectivity index (χ4v) is 4.07. The molecule has 1 heterocycles. The number of carbonyl (C=O) groups is 2. The molecule has 1 aromatic heterocycles. The Balaban J connectivity index is 1.62. The largest absolute Gasteiger partial charge is 0.493 e. The molecule has 1 N–H and O–H groups in total. The number of amides is 1. The van der Waals surface area contributed by atoms with E-state index in [1.165, 1.54) is 13.3 Å². The molecule has 170 valence electrons. The fraction of sp³-hybridized carbons (Fsp3) is 0.250. The van der Waals surface area contributed by atoms with Gasteiger partial charge >= 0.3 is 0 Å². The summed E-state index contributed by atoms with van der Waals surface area (Å²) < 4.78 is 16.3. The van der Waals surface area contributed by atoms with E-state index in [9.17, 15) is 9.59 Å². The van der Waals surface area contributed by atoms with E-state index < -0.39 is 0 Å². The van der Waals surface area contributed by atoms with Crippen LogP contribution >= 0.6 is 11.6 Å². The van der Waals surface area contributed by atoms with Gasteiger partial charge < -0.3 is 14.2 Å². The van der Waals surface area contributed by atoms with Gasteiger partial charge in [-0.25, -0.2) is 9.97 Å². The topological polar surface area (TPSA) is 99.6 Å². The highest BCUT2D eigenvalue weighted by Gasteiger charge is 2.30. The molecule has 1 aliphatic carbocycles. The van der Waals surface area contributed by atoms with Crippen molar-refractivity contribution in [3.8, 4) is 17.2 Å². The van der Waals surface area contributed by atoms with Crippen LogP contribution in [-0.4, -0.2) is 43.0 Å². The second-order valence-corrected chi connectivity index (χ2v) is 7.94. The first-order chi connectivity index (χ1) is 15.9. The minimum Gasteiger partial charge on any atom is -0.493 e. The highest BCUT2D eigenvalue weighted by atomic mass is 35.5. The van der Waals surface area contributed by atoms with Crippen molar-refractivity contribution in [2.75, 3.05) is 26.6 Å². The molecule has 0 spiro atoms. The summed E-state index contributed by atoms with van der Waals surface area (Å²) in [7, 11) is 4.63. The third-order valence-corrected chi connectivity index (χ3v) is 5.75. The molecule has 0 radical (unpaired) electrons. The van der Waals surface area contributed by atoms with E-state index in [2.05, 4.69) is 15.3 Å². The third-order valence-electron chi connectivity index (χ3n) is 5.51. The first kappa shape index (κ1) is 22.5. The van der Waals surface area contributed by atoms with Crippen LogP contribution < -0.4 is 19.5 Å². The number of hydrogen-bond donors (Lipinski definition) is 1. The van der Waals surface area contributed by atoms with Crippen LogP contribution in [0.4, 0.5) is 5.95 Å². The van der Waals surface area contributed by atoms with E-state index >= 15 is 0 Å². The van der Waals surface area contributed by atoms with Gasteiger partial charge in [0.25, 0.3) is 5.91 Å². The Hall–Kier alpha value is -3.65. The highest BCUT2D eigenvalue weighted by molar-refractivity contribution is 6.31. The smallest absolute Gasteiger partial charge is 0.258 e. The third kappa shape index (κ3) is 4.61. The molecule has 0 bridgehead atoms. The summed E-state index contributed by atoms with van der Waals surface area (Å²) in [6.45, 7) is 0. The molecule has 4 rings (SSSR count). The molecule has 1 aliphatic rings. The number of fused-ring (bicyclic) bond motifs is 1. The van der Waals surface area contributed by atoms with Gasteiger partial charge in [-0.1, -0.05) is 17.7 Å². The summed E-state index contributed by atoms with van der Waals surface area (Å²) in [6.07, 6.45) is 2.25. The van der Waals surface area contributed by atoms with Crippen LogP contribution in [0.1, 0.15) is 44.3 Å². The van der Waals surface area contributed by atoms with E-state index in [1.807, 2.05) is 12.1 Å². The summed E-state index contributed by atoms with van der Waals surface area (Å²) in [5.41, 5.74) is 2.28. The fourth-order valence-electron chi connectivity index (χ4n) is 3.88. The van der Waals surface area contributed by atoms with Gasteiger partial charge in [0.2, 0.25) is 11.7 Å². The molecule has 0 aliphatic heterocycles. The Labute approximate surface area is 195 Å². The van der Waals surface area contributed by atoms with Gasteiger partial charge in [0.05, 0.1) is 32.6 Å². The maximum Gasteiger partial charge on any atom is 0.258 e. The summed E-state index contributed by atoms with van der Waals surface area (Å²) in [5.74, 6) is 1.04. The van der Waals surface area contributed by atoms with Crippen LogP contribution in [0.2, 0.25) is 5.02 Å². The molecule has 1 unspecified atom stereocenters. The van der Waals surface area contributed by atoms with Gasteiger partial charge in [-0.3, -0.25) is 14.9 Å². The summed E-state index contributed by atoms with van der Waals surface area (Å²) in [4.78, 5) is 34.0. The lowest BCUT2D eigenvalue weighted by Crippen LogP contribution is -2.22. The van der Waals surface area contributed by atoms with Crippen molar-refractivity contribution >= 4 is 29.2 Å². The zero-order chi connectivity index (χ0) is 23.5. The zero-order valence-corrected chi connectivity index (χ0v) is 19.1. The van der Waals surface area contributed by atoms with E-state index in [1.54, 1.807) is 38.5 Å². The maximum atomic E-state index is 12.8. The SMILES string of the molecule is COc1cc(C2CC(=O)c3cnc(NC(=O)c4cccc(Cl)c4)nc3C2)cc(OC)c1OC. The van der Waals surface area contributed by atoms with Gasteiger partial charge in [-0.15, -0.1) is 0 Å². The van der Waals surface area contributed by atoms with Gasteiger partial charge in [0, 0.05) is 23.2 Å². The van der Waals surface area contributed by atoms with Crippen molar-refractivity contribution < 1.29 is 23.8 Å². The molecule has 3 aromatic rings. The van der Waals surface area contributed by atoms with Crippen molar-refractivity contribution in [1.29, 1.82) is 0 Å². The molecular weight excluding hydrogens is 446 g/mol. The molecule has 9 heteroatoms. The summed E-state index contributed by atoms with van der Waals surface area (Å²) >= 11 is 5.96. The molecular formula is C24H22ClN3O5. The van der Waals surface area contributed by atoms with E-state index in [-0.39, 0.29) is 23.6 Å². The van der Waals surface area contributed by atoms with Crippen molar-refractivity contribution in [3.05, 3.63) is 70.0 Å². The van der Waals surface area contributed by atoms with Crippen molar-refractivity contribution in [2.24, 2.45) is 0 Å². The lowest BCUT2D eigenvalue weighted by Gasteiger charge is -2.24. The van der Waals surface area contributed by atoms with E-state index in [0.717, 1.165) is 5.56 Å². The predicted molar refractivity (Wildman–Crippen MR) is 123 cm³/mol. The van der Waals surface area contributed by atoms with Crippen molar-refractivity contribution in [3.63, 3.8) is 0 Å². The van der Waals surface area contributed by atoms with E-state index in [0.29, 0.717) is 51.9 Å². The Morgan fingerprint density at radius 2 is 1.79 bits per heavy atom. The molecule has 8 nitrogen and oxygen atoms in total. The predicted octanol–water partition coefficient (Wildman–Crippen LogP) is 4.32. The Bertz CT molecular complexity index is 1210. The second kappa shape index (κ2) is 9.46. The van der Waals surface area contributed by atoms with E-state index in [4.69, 9.17) is 25.8 Å². The molecule has 0 saturated carbocycles. The zero-order valence-electron chi connectivity index (χ0n) is 18.3. The minimum absolute atomic E-state index is 0.0669. The van der Waals surface area contributed by atoms with Crippen LogP contribution in [-0.2, 0) is 6.42 Å². The Morgan fingerprint density at radius 3 is 2.42 bits per heavy atom. The van der Waals surface area contributed by atoms with Gasteiger partial charge in [0.1, 0.15) is 0 Å². The monoisotopic (exact) mass is 467 g/mol. The number of carbonyl (C=O) groups excluding carboxylic acids is 2. The van der Waals surface area contributed by atoms with Crippen LogP contribution in [0.25, 0.3) is 0 Å². The Kier molecular flexibility index (Phi) is 6.46. The number of benzene rings is 2. The number of ketones is 1. The molecule has 2 aromatic carbocycles. The van der Waals surface area contributed by atoms with Crippen molar-refractivity contribution in [2.45, 2.75) is 18.8 Å². The number of rotatable bonds is 6. The number of anilines is 1. The summed E-state index contributed by atoms with van der Waals surface area (Å²) in [6, 6.07) is 10.2. The van der Waals surface area contributed by atoms with Gasteiger partial charge in [0.15, 0.2) is 17.3 Å². The maximum absolute atomic E-state index is 12.8. The summed E-state index contributed by atoms with van der Waals surface area (Å²) in [5, 5.41) is 3.12. The van der Waals surface area contributed by atoms with Crippen LogP contribution in [0.15, 0.2) is 42.6 Å². The minimum atomic E-state index is -0.388. The molecule has 1 atom stereocenters. The highest BCUT2D eigenvalue weighted by Crippen LogP contribution is 2.42. The lowest BCUT2D eigenvalue weighted by molar-refractivity contribution is 0.0962. The van der Waals surface area contributed by atoms with Crippen molar-refractivity contribution in [1.82, 2.24) is 9.97 Å². The number of ether oxygens (including phenoxy) is 3. The first-order valence-electron chi connectivity index (χ1n) is 10.2. The number of aromatic nitrogens is 2. The molecule has 1 amide bonds. The molecule has 0 saturated heterocycles. The number of nitrogens with one attached hydrogen (secondary N) is 1. The van der Waals surface area contributed by atoms with Crippen LogP contribution in [0.3, 0.4) is 0 Å². The number of methoxy groups -OCH3 is 3. The lowest BCUT2D eigenvalue weighted by atomic mass is 9.82. The van der Waals surface area contributed by atoms with Gasteiger partial charge in [-0.2, -0.15) is 0 Å². The van der Waals surface area contributed by atoms with Crippen LogP contribution in [0.5, 0.6) is 17.2 Å². The standard InChI is InChI=1S/C24H22ClN3O5/c1-31-20-10-15(11-21(32-2)22(20)33-3)14-8-18-17(19(29)9-14)12-26-24(27-18)28-23(30)13-5-4-6-16(25)7-13/h4-7,10-12,14H,8-9H2,1-3H3,(H,26,27,28,30). The second-order valence-electron chi connectivity index (χ2n) is 7.51. The van der Waals surface area contributed by atoms with Gasteiger partial charge in [-0.05, 0) is 48.2 Å². The Morgan fingerprint density at radius 1 is 1.06 bits per heavy atom. The average molecular weight is 468 g/mol. The number of halogens is 1. The first-order valence-corrected chi connectivity index (χ1v) is 10.6. The normalized spacial score (nSPS) is 14.9. The number of Topliss-reactive ketones (excluding diaryl/α,β-unsaturated/α-hetero) is 1. The quantitative estimate of drug-likeness (QED) is 0.576. The van der Waals surface area contributed by atoms with Crippen LogP contribution in [0, 0.1) is 0 Å².